The first kappa shape index (κ1) is 28.3. The summed E-state index contributed by atoms with van der Waals surface area (Å²) >= 11 is 0. The van der Waals surface area contributed by atoms with E-state index in [2.05, 4.69) is 19.5 Å². The Bertz CT molecular complexity index is 2010. The highest BCUT2D eigenvalue weighted by Crippen LogP contribution is 2.42. The van der Waals surface area contributed by atoms with E-state index in [-0.39, 0.29) is 16.9 Å². The second-order valence-electron chi connectivity index (χ2n) is 10.9. The molecule has 5 aromatic rings. The predicted molar refractivity (Wildman–Crippen MR) is 158 cm³/mol. The van der Waals surface area contributed by atoms with Crippen molar-refractivity contribution >= 4 is 41.8 Å². The fourth-order valence-electron chi connectivity index (χ4n) is 6.16. The summed E-state index contributed by atoms with van der Waals surface area (Å²) in [7, 11) is -7.50. The van der Waals surface area contributed by atoms with Crippen molar-refractivity contribution in [2.75, 3.05) is 30.6 Å². The Morgan fingerprint density at radius 2 is 1.76 bits per heavy atom. The van der Waals surface area contributed by atoms with Crippen molar-refractivity contribution in [1.82, 2.24) is 14.7 Å². The van der Waals surface area contributed by atoms with Crippen LogP contribution >= 0.6 is 0 Å². The van der Waals surface area contributed by atoms with Crippen molar-refractivity contribution in [1.29, 1.82) is 0 Å². The minimum atomic E-state index is -3.76. The number of nitrogens with one attached hydrogen (secondary N) is 1. The zero-order valence-corrected chi connectivity index (χ0v) is 25.4. The highest BCUT2D eigenvalue weighted by atomic mass is 32.2. The van der Waals surface area contributed by atoms with Crippen LogP contribution in [0.4, 0.5) is 0 Å². The van der Waals surface area contributed by atoms with Crippen LogP contribution in [0.5, 0.6) is 0 Å². The Hall–Kier alpha value is -3.81. The van der Waals surface area contributed by atoms with Crippen molar-refractivity contribution in [3.05, 3.63) is 72.0 Å². The summed E-state index contributed by atoms with van der Waals surface area (Å²) in [6.07, 6.45) is 8.39. The number of nitrogens with zero attached hydrogens (tertiary/aromatic N) is 4. The summed E-state index contributed by atoms with van der Waals surface area (Å²) < 4.78 is 66.5. The van der Waals surface area contributed by atoms with Gasteiger partial charge >= 0.3 is 0 Å². The molecule has 1 N–H and O–H groups in total. The number of hydrogen-bond donors (Lipinski definition) is 1. The monoisotopic (exact) mass is 610 g/mol. The molecule has 13 heteroatoms. The number of ether oxygens (including phenoxy) is 1. The first-order chi connectivity index (χ1) is 19.9. The van der Waals surface area contributed by atoms with Gasteiger partial charge < -0.3 is 13.8 Å². The lowest BCUT2D eigenvalue weighted by atomic mass is 9.86. The quantitative estimate of drug-likeness (QED) is 0.276. The Labute approximate surface area is 244 Å². The molecule has 1 aliphatic rings. The van der Waals surface area contributed by atoms with Crippen LogP contribution in [0.15, 0.2) is 64.4 Å². The average molecular weight is 611 g/mol. The third-order valence-corrected chi connectivity index (χ3v) is 9.43. The Kier molecular flexibility index (Phi) is 7.06. The number of pyridine rings is 2. The molecule has 1 atom stereocenters. The van der Waals surface area contributed by atoms with Gasteiger partial charge in [0.15, 0.2) is 9.84 Å². The third kappa shape index (κ3) is 5.05. The first-order valence-corrected chi connectivity index (χ1v) is 17.3. The molecule has 0 radical (unpaired) electrons. The molecule has 42 heavy (non-hydrogen) atoms. The van der Waals surface area contributed by atoms with Crippen molar-refractivity contribution in [3.63, 3.8) is 0 Å². The number of sulfone groups is 1. The maximum Gasteiger partial charge on any atom is 0.274 e. The molecule has 11 nitrogen and oxygen atoms in total. The van der Waals surface area contributed by atoms with E-state index in [1.807, 2.05) is 43.3 Å². The molecule has 4 aromatic heterocycles. The lowest BCUT2D eigenvalue weighted by Crippen LogP contribution is -2.48. The molecule has 1 fully saturated rings. The van der Waals surface area contributed by atoms with E-state index in [0.717, 1.165) is 36.5 Å². The molecule has 5 heterocycles. The molecule has 1 saturated heterocycles. The average Bonchev–Trinajstić information content (AvgIpc) is 3.45. The standard InChI is InChI=1S/C29H32N5O6S2/c1-18-26(19(2)40-31-18)22-14-24-28(33(17-22)32-42(4,37)38)23-15-30-16-25(41(3,35)36)29(23)34(24)27(20-8-6-5-7-9-20)21-10-12-39-13-11-21/h5-9,14-17,21,27,32H,10-13H2,1-4H3/q+1/t27-/m1/s1. The summed E-state index contributed by atoms with van der Waals surface area (Å²) in [4.78, 5) is 6.98. The third-order valence-electron chi connectivity index (χ3n) is 7.80. The van der Waals surface area contributed by atoms with Crippen LogP contribution in [-0.2, 0) is 24.6 Å². The fourth-order valence-corrected chi connectivity index (χ4v) is 7.48. The Balaban J connectivity index is 1.83. The number of aromatic nitrogens is 4. The highest BCUT2D eigenvalue weighted by Gasteiger charge is 2.35. The van der Waals surface area contributed by atoms with Gasteiger partial charge in [-0.25, -0.2) is 16.8 Å². The molecule has 1 aliphatic heterocycles. The van der Waals surface area contributed by atoms with Crippen LogP contribution in [0, 0.1) is 19.8 Å². The molecule has 0 aliphatic carbocycles. The number of sulfonamides is 1. The zero-order chi connectivity index (χ0) is 29.8. The zero-order valence-electron chi connectivity index (χ0n) is 23.7. The summed E-state index contributed by atoms with van der Waals surface area (Å²) in [5.74, 6) is 0.683. The molecule has 0 unspecified atom stereocenters. The van der Waals surface area contributed by atoms with E-state index in [1.165, 1.54) is 10.9 Å². The van der Waals surface area contributed by atoms with Crippen LogP contribution in [0.2, 0.25) is 0 Å². The smallest absolute Gasteiger partial charge is 0.274 e. The number of rotatable bonds is 7. The number of benzene rings is 1. The van der Waals surface area contributed by atoms with E-state index in [1.54, 1.807) is 19.3 Å². The van der Waals surface area contributed by atoms with Gasteiger partial charge in [-0.15, -0.1) is 0 Å². The fraction of sp³-hybridized carbons (Fsp3) is 0.345. The van der Waals surface area contributed by atoms with Gasteiger partial charge in [-0.3, -0.25) is 4.98 Å². The number of hydrogen-bond acceptors (Lipinski definition) is 8. The van der Waals surface area contributed by atoms with Crippen molar-refractivity contribution in [2.45, 2.75) is 37.6 Å². The lowest BCUT2D eigenvalue weighted by Gasteiger charge is -2.33. The van der Waals surface area contributed by atoms with Gasteiger partial charge in [-0.2, -0.15) is 0 Å². The molecule has 0 spiro atoms. The topological polar surface area (TPSA) is 137 Å². The molecular formula is C29H32N5O6S2+. The lowest BCUT2D eigenvalue weighted by molar-refractivity contribution is -0.607. The summed E-state index contributed by atoms with van der Waals surface area (Å²) in [6, 6.07) is 11.6. The van der Waals surface area contributed by atoms with Crippen molar-refractivity contribution in [3.8, 4) is 11.1 Å². The molecule has 0 bridgehead atoms. The predicted octanol–water partition coefficient (Wildman–Crippen LogP) is 3.67. The minimum Gasteiger partial charge on any atom is -0.381 e. The first-order valence-electron chi connectivity index (χ1n) is 13.5. The summed E-state index contributed by atoms with van der Waals surface area (Å²) in [5.41, 5.74) is 4.61. The van der Waals surface area contributed by atoms with Gasteiger partial charge in [0.05, 0.1) is 40.0 Å². The molecular weight excluding hydrogens is 578 g/mol. The molecule has 0 saturated carbocycles. The molecule has 1 aromatic carbocycles. The van der Waals surface area contributed by atoms with Crippen LogP contribution in [0.1, 0.15) is 35.9 Å². The van der Waals surface area contributed by atoms with E-state index < -0.39 is 19.9 Å². The van der Waals surface area contributed by atoms with E-state index >= 15 is 0 Å². The van der Waals surface area contributed by atoms with Gasteiger partial charge in [0.25, 0.3) is 15.5 Å². The van der Waals surface area contributed by atoms with Gasteiger partial charge in [0.1, 0.15) is 16.2 Å². The van der Waals surface area contributed by atoms with Crippen LogP contribution < -0.4 is 9.51 Å². The van der Waals surface area contributed by atoms with Crippen molar-refractivity contribution in [2.24, 2.45) is 5.92 Å². The normalized spacial score (nSPS) is 15.8. The van der Waals surface area contributed by atoms with Gasteiger partial charge in [-0.05, 0) is 44.2 Å². The van der Waals surface area contributed by atoms with Gasteiger partial charge in [0, 0.05) is 31.9 Å². The maximum absolute atomic E-state index is 13.3. The van der Waals surface area contributed by atoms with E-state index in [9.17, 15) is 16.8 Å². The van der Waals surface area contributed by atoms with Crippen LogP contribution in [0.3, 0.4) is 0 Å². The Morgan fingerprint density at radius 3 is 2.38 bits per heavy atom. The van der Waals surface area contributed by atoms with Crippen LogP contribution in [0.25, 0.3) is 33.1 Å². The number of fused-ring (bicyclic) bond motifs is 3. The van der Waals surface area contributed by atoms with Crippen LogP contribution in [-0.4, -0.2) is 57.3 Å². The molecule has 0 amide bonds. The summed E-state index contributed by atoms with van der Waals surface area (Å²) in [6.45, 7) is 4.79. The van der Waals surface area contributed by atoms with E-state index in [0.29, 0.717) is 52.2 Å². The summed E-state index contributed by atoms with van der Waals surface area (Å²) in [5, 5.41) is 4.61. The molecule has 220 valence electrons. The van der Waals surface area contributed by atoms with Gasteiger partial charge in [0.2, 0.25) is 6.20 Å². The van der Waals surface area contributed by atoms with E-state index in [4.69, 9.17) is 9.26 Å². The minimum absolute atomic E-state index is 0.0639. The Morgan fingerprint density at radius 1 is 1.05 bits per heavy atom. The SMILES string of the molecule is Cc1noc(C)c1-c1cc2c(c3cncc(S(C)(=O)=O)c3n2[C@H](c2ccccc2)C2CCOCC2)[n+](NS(C)(=O)=O)c1. The van der Waals surface area contributed by atoms with Gasteiger partial charge in [-0.1, -0.05) is 45.0 Å². The second-order valence-corrected chi connectivity index (χ2v) is 14.6. The highest BCUT2D eigenvalue weighted by molar-refractivity contribution is 7.91. The number of aryl methyl sites for hydroxylation is 2. The molecule has 6 rings (SSSR count). The second kappa shape index (κ2) is 10.5. The largest absolute Gasteiger partial charge is 0.381 e. The maximum atomic E-state index is 13.3. The van der Waals surface area contributed by atoms with Crippen molar-refractivity contribution < 1.29 is 30.8 Å².